The summed E-state index contributed by atoms with van der Waals surface area (Å²) in [5.74, 6) is -0.621. The molecule has 1 unspecified atom stereocenters. The van der Waals surface area contributed by atoms with E-state index in [2.05, 4.69) is 10.6 Å². The zero-order valence-corrected chi connectivity index (χ0v) is 25.4. The second kappa shape index (κ2) is 13.7. The Morgan fingerprint density at radius 3 is 2.32 bits per heavy atom. The largest absolute Gasteiger partial charge is 0.497 e. The van der Waals surface area contributed by atoms with Crippen LogP contribution in [0.5, 0.6) is 5.75 Å². The van der Waals surface area contributed by atoms with Gasteiger partial charge < -0.3 is 20.3 Å². The van der Waals surface area contributed by atoms with Crippen LogP contribution in [0.4, 0.5) is 24.5 Å². The van der Waals surface area contributed by atoms with E-state index in [4.69, 9.17) is 4.74 Å². The number of methoxy groups -OCH3 is 1. The molecule has 13 heteroatoms. The van der Waals surface area contributed by atoms with Gasteiger partial charge in [-0.15, -0.1) is 0 Å². The van der Waals surface area contributed by atoms with Crippen molar-refractivity contribution >= 4 is 33.2 Å². The number of carbonyl (C=O) groups excluding carboxylic acids is 2. The highest BCUT2D eigenvalue weighted by molar-refractivity contribution is 7.89. The third-order valence-corrected chi connectivity index (χ3v) is 9.31. The maximum absolute atomic E-state index is 13.7. The van der Waals surface area contributed by atoms with Crippen molar-refractivity contribution in [3.63, 3.8) is 0 Å². The van der Waals surface area contributed by atoms with Crippen molar-refractivity contribution in [2.45, 2.75) is 48.8 Å². The summed E-state index contributed by atoms with van der Waals surface area (Å²) in [6.07, 6.45) is -3.54. The highest BCUT2D eigenvalue weighted by atomic mass is 32.2. The van der Waals surface area contributed by atoms with E-state index < -0.39 is 50.6 Å². The first-order chi connectivity index (χ1) is 20.8. The van der Waals surface area contributed by atoms with Crippen molar-refractivity contribution < 1.29 is 35.9 Å². The standard InChI is InChI=1S/C31H35F3N4O5S/c1-37(2)24-14-12-23(13-15-24)35-29(39)27(19-21-10-16-25(43-3)17-11-21)36-30(40)28-9-4-5-18-38(28)44(41,42)26-8-6-7-22(20-26)31(32,33)34/h6-8,10-17,20,27-28H,4-5,9,18-19H2,1-3H3,(H,35,39)(H,36,40)/t27-,28?/m0/s1. The quantitative estimate of drug-likeness (QED) is 0.336. The molecule has 0 aliphatic carbocycles. The topological polar surface area (TPSA) is 108 Å². The molecule has 9 nitrogen and oxygen atoms in total. The molecular weight excluding hydrogens is 597 g/mol. The fraction of sp³-hybridized carbons (Fsp3) is 0.355. The summed E-state index contributed by atoms with van der Waals surface area (Å²) in [5.41, 5.74) is 1.03. The van der Waals surface area contributed by atoms with Gasteiger partial charge in [-0.3, -0.25) is 9.59 Å². The minimum atomic E-state index is -4.74. The second-order valence-electron chi connectivity index (χ2n) is 10.7. The van der Waals surface area contributed by atoms with Crippen LogP contribution >= 0.6 is 0 Å². The number of alkyl halides is 3. The molecule has 3 aromatic carbocycles. The first-order valence-electron chi connectivity index (χ1n) is 14.0. The predicted molar refractivity (Wildman–Crippen MR) is 161 cm³/mol. The highest BCUT2D eigenvalue weighted by Gasteiger charge is 2.40. The number of halogens is 3. The average Bonchev–Trinajstić information content (AvgIpc) is 3.01. The van der Waals surface area contributed by atoms with E-state index in [0.29, 0.717) is 35.9 Å². The average molecular weight is 633 g/mol. The Balaban J connectivity index is 1.59. The van der Waals surface area contributed by atoms with Crippen LogP contribution < -0.4 is 20.3 Å². The minimum Gasteiger partial charge on any atom is -0.497 e. The van der Waals surface area contributed by atoms with Crippen LogP contribution in [-0.4, -0.2) is 64.4 Å². The third-order valence-electron chi connectivity index (χ3n) is 7.41. The molecule has 0 aromatic heterocycles. The Morgan fingerprint density at radius 2 is 1.70 bits per heavy atom. The number of piperidine rings is 1. The van der Waals surface area contributed by atoms with E-state index in [1.807, 2.05) is 31.1 Å². The number of benzene rings is 3. The fourth-order valence-corrected chi connectivity index (χ4v) is 6.67. The molecule has 2 amide bonds. The number of hydrogen-bond donors (Lipinski definition) is 2. The summed E-state index contributed by atoms with van der Waals surface area (Å²) in [6.45, 7) is -0.0514. The van der Waals surface area contributed by atoms with Gasteiger partial charge >= 0.3 is 6.18 Å². The van der Waals surface area contributed by atoms with Crippen LogP contribution in [0.3, 0.4) is 0 Å². The number of nitrogens with one attached hydrogen (secondary N) is 2. The SMILES string of the molecule is COc1ccc(C[C@H](NC(=O)C2CCCCN2S(=O)(=O)c2cccc(C(F)(F)F)c2)C(=O)Nc2ccc(N(C)C)cc2)cc1. The van der Waals surface area contributed by atoms with Gasteiger partial charge in [-0.1, -0.05) is 24.6 Å². The van der Waals surface area contributed by atoms with E-state index in [0.717, 1.165) is 28.2 Å². The number of ether oxygens (including phenoxy) is 1. The number of carbonyl (C=O) groups is 2. The fourth-order valence-electron chi connectivity index (χ4n) is 4.97. The summed E-state index contributed by atoms with van der Waals surface area (Å²) >= 11 is 0. The highest BCUT2D eigenvalue weighted by Crippen LogP contribution is 2.32. The number of rotatable bonds is 10. The summed E-state index contributed by atoms with van der Waals surface area (Å²) in [7, 11) is 0.826. The normalized spacial score (nSPS) is 16.5. The number of hydrogen-bond acceptors (Lipinski definition) is 6. The summed E-state index contributed by atoms with van der Waals surface area (Å²) in [6, 6.07) is 15.2. The lowest BCUT2D eigenvalue weighted by atomic mass is 10.0. The lowest BCUT2D eigenvalue weighted by Gasteiger charge is -2.34. The molecule has 1 saturated heterocycles. The van der Waals surface area contributed by atoms with Gasteiger partial charge in [-0.2, -0.15) is 17.5 Å². The van der Waals surface area contributed by atoms with E-state index in [1.54, 1.807) is 36.4 Å². The van der Waals surface area contributed by atoms with Gasteiger partial charge in [0.2, 0.25) is 21.8 Å². The van der Waals surface area contributed by atoms with Crippen molar-refractivity contribution in [3.8, 4) is 5.75 Å². The molecule has 1 heterocycles. The third kappa shape index (κ3) is 7.88. The Hall–Kier alpha value is -4.10. The van der Waals surface area contributed by atoms with Crippen molar-refractivity contribution in [2.24, 2.45) is 0 Å². The van der Waals surface area contributed by atoms with E-state index in [9.17, 15) is 31.2 Å². The van der Waals surface area contributed by atoms with Crippen LogP contribution in [0.15, 0.2) is 77.7 Å². The first-order valence-corrected chi connectivity index (χ1v) is 15.4. The molecule has 2 atom stereocenters. The van der Waals surface area contributed by atoms with Gasteiger partial charge in [0.1, 0.15) is 17.8 Å². The Bertz CT molecular complexity index is 1560. The van der Waals surface area contributed by atoms with Gasteiger partial charge in [-0.25, -0.2) is 8.42 Å². The zero-order valence-electron chi connectivity index (χ0n) is 24.6. The summed E-state index contributed by atoms with van der Waals surface area (Å²) < 4.78 is 73.2. The van der Waals surface area contributed by atoms with Gasteiger partial charge in [0.05, 0.1) is 17.6 Å². The van der Waals surface area contributed by atoms with E-state index >= 15 is 0 Å². The molecule has 4 rings (SSSR count). The molecule has 0 saturated carbocycles. The maximum atomic E-state index is 13.7. The molecule has 44 heavy (non-hydrogen) atoms. The lowest BCUT2D eigenvalue weighted by molar-refractivity contribution is -0.137. The van der Waals surface area contributed by atoms with E-state index in [-0.39, 0.29) is 19.4 Å². The monoisotopic (exact) mass is 632 g/mol. The van der Waals surface area contributed by atoms with Crippen LogP contribution in [0.2, 0.25) is 0 Å². The number of nitrogens with zero attached hydrogens (tertiary/aromatic N) is 2. The van der Waals surface area contributed by atoms with Gasteiger partial charge in [0.25, 0.3) is 0 Å². The molecule has 0 bridgehead atoms. The molecule has 1 aliphatic rings. The predicted octanol–water partition coefficient (Wildman–Crippen LogP) is 4.69. The number of amides is 2. The van der Waals surface area contributed by atoms with Gasteiger partial charge in [0, 0.05) is 38.4 Å². The summed E-state index contributed by atoms with van der Waals surface area (Å²) in [5, 5.41) is 5.54. The number of anilines is 2. The Kier molecular flexibility index (Phi) is 10.2. The zero-order chi connectivity index (χ0) is 32.1. The van der Waals surface area contributed by atoms with Crippen LogP contribution in [0.25, 0.3) is 0 Å². The molecular formula is C31H35F3N4O5S. The second-order valence-corrected chi connectivity index (χ2v) is 12.6. The molecule has 2 N–H and O–H groups in total. The Morgan fingerprint density at radius 1 is 1.02 bits per heavy atom. The smallest absolute Gasteiger partial charge is 0.416 e. The summed E-state index contributed by atoms with van der Waals surface area (Å²) in [4.78, 5) is 28.5. The lowest BCUT2D eigenvalue weighted by Crippen LogP contribution is -2.56. The van der Waals surface area contributed by atoms with Crippen LogP contribution in [0.1, 0.15) is 30.4 Å². The first kappa shape index (κ1) is 32.8. The van der Waals surface area contributed by atoms with Crippen molar-refractivity contribution in [1.29, 1.82) is 0 Å². The molecule has 0 radical (unpaired) electrons. The van der Waals surface area contributed by atoms with Crippen LogP contribution in [0, 0.1) is 0 Å². The maximum Gasteiger partial charge on any atom is 0.416 e. The molecule has 1 fully saturated rings. The molecule has 0 spiro atoms. The van der Waals surface area contributed by atoms with Crippen molar-refractivity contribution in [2.75, 3.05) is 38.0 Å². The Labute approximate surface area is 255 Å². The van der Waals surface area contributed by atoms with E-state index in [1.165, 1.54) is 7.11 Å². The molecule has 236 valence electrons. The van der Waals surface area contributed by atoms with Crippen molar-refractivity contribution in [3.05, 3.63) is 83.9 Å². The molecule has 1 aliphatic heterocycles. The minimum absolute atomic E-state index is 0.0514. The molecule has 3 aromatic rings. The van der Waals surface area contributed by atoms with Gasteiger partial charge in [0.15, 0.2) is 0 Å². The van der Waals surface area contributed by atoms with Gasteiger partial charge in [-0.05, 0) is 73.0 Å². The van der Waals surface area contributed by atoms with Crippen molar-refractivity contribution in [1.82, 2.24) is 9.62 Å². The van der Waals surface area contributed by atoms with Crippen LogP contribution in [-0.2, 0) is 32.2 Å². The number of sulfonamides is 1.